The highest BCUT2D eigenvalue weighted by Crippen LogP contribution is 2.12. The van der Waals surface area contributed by atoms with E-state index in [1.54, 1.807) is 25.1 Å². The molecule has 0 heterocycles. The Labute approximate surface area is 116 Å². The van der Waals surface area contributed by atoms with Crippen molar-refractivity contribution in [2.45, 2.75) is 19.4 Å². The van der Waals surface area contributed by atoms with Gasteiger partial charge in [0.1, 0.15) is 6.04 Å². The first-order chi connectivity index (χ1) is 9.06. The lowest BCUT2D eigenvalue weighted by atomic mass is 10.1. The summed E-state index contributed by atoms with van der Waals surface area (Å²) in [4.78, 5) is 23.0. The van der Waals surface area contributed by atoms with E-state index in [4.69, 9.17) is 16.3 Å². The molecule has 0 aliphatic heterocycles. The monoisotopic (exact) mass is 285 g/mol. The molecule has 6 heteroatoms. The summed E-state index contributed by atoms with van der Waals surface area (Å²) < 4.78 is 9.40. The minimum absolute atomic E-state index is 0.233. The first-order valence-corrected chi connectivity index (χ1v) is 6.20. The third-order valence-electron chi connectivity index (χ3n) is 2.38. The van der Waals surface area contributed by atoms with Crippen molar-refractivity contribution >= 4 is 23.7 Å². The summed E-state index contributed by atoms with van der Waals surface area (Å²) in [6, 6.07) is 6.24. The lowest BCUT2D eigenvalue weighted by Gasteiger charge is -2.16. The van der Waals surface area contributed by atoms with Crippen LogP contribution in [0.4, 0.5) is 4.79 Å². The van der Waals surface area contributed by atoms with E-state index in [0.717, 1.165) is 5.56 Å². The molecule has 1 rings (SSSR count). The molecular weight excluding hydrogens is 270 g/mol. The minimum Gasteiger partial charge on any atom is -0.467 e. The van der Waals surface area contributed by atoms with Crippen LogP contribution in [-0.4, -0.2) is 31.8 Å². The van der Waals surface area contributed by atoms with Crippen molar-refractivity contribution in [2.24, 2.45) is 0 Å². The molecule has 0 saturated heterocycles. The van der Waals surface area contributed by atoms with Crippen LogP contribution in [0.1, 0.15) is 12.5 Å². The van der Waals surface area contributed by atoms with E-state index in [1.807, 2.05) is 6.07 Å². The molecule has 0 aromatic heterocycles. The Hall–Kier alpha value is -1.75. The van der Waals surface area contributed by atoms with E-state index in [1.165, 1.54) is 7.11 Å². The van der Waals surface area contributed by atoms with Crippen LogP contribution in [0.3, 0.4) is 0 Å². The van der Waals surface area contributed by atoms with Gasteiger partial charge in [0.2, 0.25) is 0 Å². The van der Waals surface area contributed by atoms with Gasteiger partial charge in [-0.05, 0) is 24.6 Å². The van der Waals surface area contributed by atoms with Crippen LogP contribution in [-0.2, 0) is 20.7 Å². The van der Waals surface area contributed by atoms with Gasteiger partial charge in [-0.15, -0.1) is 0 Å². The van der Waals surface area contributed by atoms with Crippen molar-refractivity contribution in [1.29, 1.82) is 0 Å². The summed E-state index contributed by atoms with van der Waals surface area (Å²) in [5, 5.41) is 3.02. The molecular formula is C13H16ClNO4. The Balaban J connectivity index is 2.74. The first kappa shape index (κ1) is 15.3. The predicted octanol–water partition coefficient (Wildman–Crippen LogP) is 2.17. The lowest BCUT2D eigenvalue weighted by molar-refractivity contribution is -0.142. The summed E-state index contributed by atoms with van der Waals surface area (Å²) in [7, 11) is 1.26. The van der Waals surface area contributed by atoms with E-state index in [9.17, 15) is 9.59 Å². The lowest BCUT2D eigenvalue weighted by Crippen LogP contribution is -2.43. The molecule has 0 aliphatic rings. The Morgan fingerprint density at radius 3 is 2.74 bits per heavy atom. The molecule has 0 spiro atoms. The highest BCUT2D eigenvalue weighted by atomic mass is 35.5. The number of alkyl carbamates (subject to hydrolysis) is 1. The Morgan fingerprint density at radius 2 is 2.16 bits per heavy atom. The summed E-state index contributed by atoms with van der Waals surface area (Å²) in [5.74, 6) is -0.534. The number of esters is 1. The van der Waals surface area contributed by atoms with Gasteiger partial charge in [-0.1, -0.05) is 23.7 Å². The van der Waals surface area contributed by atoms with Gasteiger partial charge in [-0.2, -0.15) is 0 Å². The molecule has 1 unspecified atom stereocenters. The van der Waals surface area contributed by atoms with Crippen molar-refractivity contribution in [2.75, 3.05) is 13.7 Å². The molecule has 0 aliphatic carbocycles. The van der Waals surface area contributed by atoms with E-state index >= 15 is 0 Å². The quantitative estimate of drug-likeness (QED) is 0.842. The van der Waals surface area contributed by atoms with Gasteiger partial charge in [0.15, 0.2) is 0 Å². The van der Waals surface area contributed by atoms with E-state index < -0.39 is 18.1 Å². The van der Waals surface area contributed by atoms with Crippen LogP contribution in [0.15, 0.2) is 24.3 Å². The second kappa shape index (κ2) is 7.63. The van der Waals surface area contributed by atoms with Crippen LogP contribution in [0.2, 0.25) is 5.02 Å². The molecule has 1 amide bonds. The average molecular weight is 286 g/mol. The third kappa shape index (κ3) is 5.18. The molecule has 0 bridgehead atoms. The smallest absolute Gasteiger partial charge is 0.407 e. The number of hydrogen-bond acceptors (Lipinski definition) is 4. The van der Waals surface area contributed by atoms with Crippen molar-refractivity contribution in [3.05, 3.63) is 34.9 Å². The van der Waals surface area contributed by atoms with Crippen molar-refractivity contribution in [1.82, 2.24) is 5.32 Å². The van der Waals surface area contributed by atoms with Crippen molar-refractivity contribution in [3.63, 3.8) is 0 Å². The highest BCUT2D eigenvalue weighted by molar-refractivity contribution is 6.30. The molecule has 0 fully saturated rings. The maximum absolute atomic E-state index is 11.6. The minimum atomic E-state index is -0.803. The maximum Gasteiger partial charge on any atom is 0.407 e. The fourth-order valence-electron chi connectivity index (χ4n) is 1.55. The van der Waals surface area contributed by atoms with E-state index in [0.29, 0.717) is 5.02 Å². The van der Waals surface area contributed by atoms with Gasteiger partial charge in [-0.25, -0.2) is 9.59 Å². The second-order valence-electron chi connectivity index (χ2n) is 3.77. The molecule has 19 heavy (non-hydrogen) atoms. The maximum atomic E-state index is 11.6. The number of halogens is 1. The molecule has 104 valence electrons. The number of benzene rings is 1. The van der Waals surface area contributed by atoms with Gasteiger partial charge in [0.05, 0.1) is 13.7 Å². The largest absolute Gasteiger partial charge is 0.467 e. The number of hydrogen-bond donors (Lipinski definition) is 1. The first-order valence-electron chi connectivity index (χ1n) is 5.82. The van der Waals surface area contributed by atoms with Gasteiger partial charge in [-0.3, -0.25) is 0 Å². The fraction of sp³-hybridized carbons (Fsp3) is 0.385. The number of nitrogens with one attached hydrogen (secondary N) is 1. The zero-order chi connectivity index (χ0) is 14.3. The highest BCUT2D eigenvalue weighted by Gasteiger charge is 2.22. The van der Waals surface area contributed by atoms with Crippen molar-refractivity contribution < 1.29 is 19.1 Å². The topological polar surface area (TPSA) is 64.6 Å². The SMILES string of the molecule is CCOC(=O)NC(Cc1cccc(Cl)c1)C(=O)OC. The summed E-state index contributed by atoms with van der Waals surface area (Å²) in [6.45, 7) is 1.92. The number of ether oxygens (including phenoxy) is 2. The van der Waals surface area contributed by atoms with Gasteiger partial charge < -0.3 is 14.8 Å². The normalized spacial score (nSPS) is 11.5. The number of carbonyl (C=O) groups is 2. The van der Waals surface area contributed by atoms with Crippen LogP contribution >= 0.6 is 11.6 Å². The van der Waals surface area contributed by atoms with Gasteiger partial charge in [0, 0.05) is 11.4 Å². The van der Waals surface area contributed by atoms with Crippen LogP contribution in [0.5, 0.6) is 0 Å². The van der Waals surface area contributed by atoms with E-state index in [2.05, 4.69) is 10.1 Å². The molecule has 1 aromatic rings. The number of rotatable bonds is 5. The molecule has 0 radical (unpaired) electrons. The summed E-state index contributed by atoms with van der Waals surface area (Å²) >= 11 is 5.87. The zero-order valence-electron chi connectivity index (χ0n) is 10.8. The summed E-state index contributed by atoms with van der Waals surface area (Å²) in [6.07, 6.45) is -0.369. The van der Waals surface area contributed by atoms with Crippen molar-refractivity contribution in [3.8, 4) is 0 Å². The molecule has 0 saturated carbocycles. The van der Waals surface area contributed by atoms with Gasteiger partial charge in [0.25, 0.3) is 0 Å². The Kier molecular flexibility index (Phi) is 6.15. The van der Waals surface area contributed by atoms with Gasteiger partial charge >= 0.3 is 12.1 Å². The number of carbonyl (C=O) groups excluding carboxylic acids is 2. The standard InChI is InChI=1S/C13H16ClNO4/c1-3-19-13(17)15-11(12(16)18-2)8-9-5-4-6-10(14)7-9/h4-7,11H,3,8H2,1-2H3,(H,15,17). The Bertz CT molecular complexity index is 450. The molecule has 1 N–H and O–H groups in total. The number of methoxy groups -OCH3 is 1. The molecule has 5 nitrogen and oxygen atoms in total. The molecule has 1 aromatic carbocycles. The zero-order valence-corrected chi connectivity index (χ0v) is 11.6. The number of amides is 1. The summed E-state index contributed by atoms with van der Waals surface area (Å²) in [5.41, 5.74) is 0.819. The average Bonchev–Trinajstić information content (AvgIpc) is 2.37. The fourth-order valence-corrected chi connectivity index (χ4v) is 1.76. The third-order valence-corrected chi connectivity index (χ3v) is 2.62. The predicted molar refractivity (Wildman–Crippen MR) is 71.1 cm³/mol. The second-order valence-corrected chi connectivity index (χ2v) is 4.21. The van der Waals surface area contributed by atoms with E-state index in [-0.39, 0.29) is 13.0 Å². The van der Waals surface area contributed by atoms with Crippen LogP contribution in [0, 0.1) is 0 Å². The van der Waals surface area contributed by atoms with Crippen LogP contribution in [0.25, 0.3) is 0 Å². The molecule has 1 atom stereocenters. The Morgan fingerprint density at radius 1 is 1.42 bits per heavy atom. The van der Waals surface area contributed by atoms with Crippen LogP contribution < -0.4 is 5.32 Å².